The molecular formula is C11H12FN3O3. The normalized spacial score (nSPS) is 15.3. The minimum atomic E-state index is -0.871. The van der Waals surface area contributed by atoms with E-state index in [1.165, 1.54) is 21.9 Å². The van der Waals surface area contributed by atoms with Gasteiger partial charge in [0.05, 0.1) is 11.5 Å². The van der Waals surface area contributed by atoms with Gasteiger partial charge in [-0.1, -0.05) is 12.1 Å². The van der Waals surface area contributed by atoms with Crippen LogP contribution in [-0.2, 0) is 6.54 Å². The van der Waals surface area contributed by atoms with Gasteiger partial charge in [-0.05, 0) is 0 Å². The number of likely N-dealkylation sites (N-methyl/N-ethyl adjacent to an activating group) is 1. The molecule has 1 aromatic carbocycles. The number of nitro benzene ring substituents is 1. The number of nitro groups is 1. The Hall–Kier alpha value is -2.18. The van der Waals surface area contributed by atoms with Gasteiger partial charge in [0.25, 0.3) is 0 Å². The number of nitrogens with zero attached hydrogens (tertiary/aromatic N) is 3. The summed E-state index contributed by atoms with van der Waals surface area (Å²) in [4.78, 5) is 24.5. The molecule has 0 bridgehead atoms. The SMILES string of the molecule is CN1CCN(Cc2cccc([N+](=O)[O-])c2F)C1=O. The number of halogens is 1. The molecule has 0 radical (unpaired) electrons. The summed E-state index contributed by atoms with van der Waals surface area (Å²) in [7, 11) is 1.66. The Balaban J connectivity index is 2.22. The average Bonchev–Trinajstić information content (AvgIpc) is 2.63. The fraction of sp³-hybridized carbons (Fsp3) is 0.364. The molecule has 0 aliphatic carbocycles. The van der Waals surface area contributed by atoms with Gasteiger partial charge in [0.1, 0.15) is 0 Å². The monoisotopic (exact) mass is 253 g/mol. The van der Waals surface area contributed by atoms with Gasteiger partial charge in [-0.15, -0.1) is 0 Å². The van der Waals surface area contributed by atoms with Crippen molar-refractivity contribution in [2.75, 3.05) is 20.1 Å². The van der Waals surface area contributed by atoms with E-state index in [-0.39, 0.29) is 18.1 Å². The van der Waals surface area contributed by atoms with Crippen LogP contribution in [0.5, 0.6) is 0 Å². The molecule has 1 heterocycles. The van der Waals surface area contributed by atoms with Gasteiger partial charge in [-0.2, -0.15) is 4.39 Å². The second kappa shape index (κ2) is 4.59. The maximum Gasteiger partial charge on any atom is 0.320 e. The summed E-state index contributed by atoms with van der Waals surface area (Å²) in [6.45, 7) is 1.13. The van der Waals surface area contributed by atoms with Crippen molar-refractivity contribution < 1.29 is 14.1 Å². The molecule has 1 aliphatic heterocycles. The second-order valence-corrected chi connectivity index (χ2v) is 4.13. The van der Waals surface area contributed by atoms with Crippen LogP contribution >= 0.6 is 0 Å². The van der Waals surface area contributed by atoms with Gasteiger partial charge in [-0.25, -0.2) is 4.79 Å². The Kier molecular flexibility index (Phi) is 3.14. The molecule has 1 aromatic rings. The molecule has 18 heavy (non-hydrogen) atoms. The van der Waals surface area contributed by atoms with E-state index in [1.54, 1.807) is 7.05 Å². The van der Waals surface area contributed by atoms with Crippen molar-refractivity contribution in [1.82, 2.24) is 9.80 Å². The average molecular weight is 253 g/mol. The maximum absolute atomic E-state index is 13.8. The fourth-order valence-electron chi connectivity index (χ4n) is 1.89. The molecule has 7 heteroatoms. The minimum absolute atomic E-state index is 0.0523. The highest BCUT2D eigenvalue weighted by Crippen LogP contribution is 2.22. The summed E-state index contributed by atoms with van der Waals surface area (Å²) in [5, 5.41) is 10.6. The molecule has 2 amide bonds. The van der Waals surface area contributed by atoms with Crippen molar-refractivity contribution in [3.05, 3.63) is 39.7 Å². The first-order valence-corrected chi connectivity index (χ1v) is 5.42. The first-order chi connectivity index (χ1) is 8.50. The van der Waals surface area contributed by atoms with Crippen molar-refractivity contribution in [3.8, 4) is 0 Å². The molecule has 0 unspecified atom stereocenters. The molecule has 1 saturated heterocycles. The van der Waals surface area contributed by atoms with E-state index in [2.05, 4.69) is 0 Å². The van der Waals surface area contributed by atoms with Crippen LogP contribution in [0.3, 0.4) is 0 Å². The Bertz CT molecular complexity index is 506. The van der Waals surface area contributed by atoms with Crippen LogP contribution in [0.25, 0.3) is 0 Å². The Morgan fingerprint density at radius 3 is 2.72 bits per heavy atom. The molecule has 0 aromatic heterocycles. The lowest BCUT2D eigenvalue weighted by Gasteiger charge is -2.16. The summed E-state index contributed by atoms with van der Waals surface area (Å²) in [6, 6.07) is 3.78. The molecule has 1 aliphatic rings. The van der Waals surface area contributed by atoms with E-state index >= 15 is 0 Å². The van der Waals surface area contributed by atoms with Gasteiger partial charge >= 0.3 is 11.7 Å². The molecular weight excluding hydrogens is 241 g/mol. The van der Waals surface area contributed by atoms with E-state index in [0.717, 1.165) is 6.07 Å². The molecule has 0 N–H and O–H groups in total. The number of urea groups is 1. The van der Waals surface area contributed by atoms with Crippen LogP contribution in [0.15, 0.2) is 18.2 Å². The number of carbonyl (C=O) groups excluding carboxylic acids is 1. The third-order valence-corrected chi connectivity index (χ3v) is 2.92. The van der Waals surface area contributed by atoms with Crippen LogP contribution in [-0.4, -0.2) is 40.9 Å². The second-order valence-electron chi connectivity index (χ2n) is 4.13. The lowest BCUT2D eigenvalue weighted by Crippen LogP contribution is -2.29. The van der Waals surface area contributed by atoms with Crippen LogP contribution in [0.4, 0.5) is 14.9 Å². The third-order valence-electron chi connectivity index (χ3n) is 2.92. The van der Waals surface area contributed by atoms with Crippen molar-refractivity contribution in [2.24, 2.45) is 0 Å². The quantitative estimate of drug-likeness (QED) is 0.607. The Morgan fingerprint density at radius 1 is 1.44 bits per heavy atom. The zero-order valence-corrected chi connectivity index (χ0v) is 9.80. The molecule has 96 valence electrons. The first kappa shape index (κ1) is 12.3. The highest BCUT2D eigenvalue weighted by molar-refractivity contribution is 5.76. The molecule has 0 atom stereocenters. The number of amides is 2. The molecule has 2 rings (SSSR count). The Morgan fingerprint density at radius 2 is 2.17 bits per heavy atom. The molecule has 1 fully saturated rings. The summed E-state index contributed by atoms with van der Waals surface area (Å²) >= 11 is 0. The van der Waals surface area contributed by atoms with Gasteiger partial charge in [-0.3, -0.25) is 10.1 Å². The third kappa shape index (κ3) is 2.11. The number of carbonyl (C=O) groups is 1. The molecule has 0 saturated carbocycles. The number of hydrogen-bond donors (Lipinski definition) is 0. The van der Waals surface area contributed by atoms with Gasteiger partial charge < -0.3 is 9.80 Å². The number of rotatable bonds is 3. The summed E-state index contributed by atoms with van der Waals surface area (Å²) < 4.78 is 13.8. The van der Waals surface area contributed by atoms with E-state index in [1.807, 2.05) is 0 Å². The van der Waals surface area contributed by atoms with Crippen molar-refractivity contribution >= 4 is 11.7 Å². The van der Waals surface area contributed by atoms with Crippen molar-refractivity contribution in [2.45, 2.75) is 6.54 Å². The zero-order chi connectivity index (χ0) is 13.3. The lowest BCUT2D eigenvalue weighted by molar-refractivity contribution is -0.387. The van der Waals surface area contributed by atoms with Crippen LogP contribution in [0.1, 0.15) is 5.56 Å². The highest BCUT2D eigenvalue weighted by atomic mass is 19.1. The number of hydrogen-bond acceptors (Lipinski definition) is 3. The fourth-order valence-corrected chi connectivity index (χ4v) is 1.89. The topological polar surface area (TPSA) is 66.7 Å². The van der Waals surface area contributed by atoms with Crippen molar-refractivity contribution in [1.29, 1.82) is 0 Å². The van der Waals surface area contributed by atoms with E-state index in [4.69, 9.17) is 0 Å². The summed E-state index contributed by atoms with van der Waals surface area (Å²) in [5.74, 6) is -0.871. The van der Waals surface area contributed by atoms with Crippen molar-refractivity contribution in [3.63, 3.8) is 0 Å². The summed E-state index contributed by atoms with van der Waals surface area (Å²) in [5.41, 5.74) is -0.402. The molecule has 0 spiro atoms. The van der Waals surface area contributed by atoms with Gasteiger partial charge in [0.15, 0.2) is 0 Å². The lowest BCUT2D eigenvalue weighted by atomic mass is 10.1. The maximum atomic E-state index is 13.8. The van der Waals surface area contributed by atoms with Crippen LogP contribution < -0.4 is 0 Å². The van der Waals surface area contributed by atoms with E-state index in [9.17, 15) is 19.3 Å². The van der Waals surface area contributed by atoms with Crippen LogP contribution in [0.2, 0.25) is 0 Å². The first-order valence-electron chi connectivity index (χ1n) is 5.42. The van der Waals surface area contributed by atoms with E-state index < -0.39 is 16.4 Å². The zero-order valence-electron chi connectivity index (χ0n) is 9.80. The van der Waals surface area contributed by atoms with E-state index in [0.29, 0.717) is 13.1 Å². The predicted molar refractivity (Wildman–Crippen MR) is 61.5 cm³/mol. The highest BCUT2D eigenvalue weighted by Gasteiger charge is 2.27. The number of benzene rings is 1. The standard InChI is InChI=1S/C11H12FN3O3/c1-13-5-6-14(11(13)16)7-8-3-2-4-9(10(8)12)15(17)18/h2-4H,5-7H2,1H3. The minimum Gasteiger partial charge on any atom is -0.326 e. The van der Waals surface area contributed by atoms with Gasteiger partial charge in [0.2, 0.25) is 5.82 Å². The largest absolute Gasteiger partial charge is 0.326 e. The van der Waals surface area contributed by atoms with Crippen LogP contribution in [0, 0.1) is 15.9 Å². The Labute approximate surface area is 103 Å². The van der Waals surface area contributed by atoms with Gasteiger partial charge in [0, 0.05) is 31.8 Å². The molecule has 6 nitrogen and oxygen atoms in total. The predicted octanol–water partition coefficient (Wildman–Crippen LogP) is 1.60. The smallest absolute Gasteiger partial charge is 0.320 e. The summed E-state index contributed by atoms with van der Waals surface area (Å²) in [6.07, 6.45) is 0.